The summed E-state index contributed by atoms with van der Waals surface area (Å²) in [5.74, 6) is -0.601. The summed E-state index contributed by atoms with van der Waals surface area (Å²) in [5, 5.41) is 1.73. The Bertz CT molecular complexity index is 1140. The molecule has 0 atom stereocenters. The molecule has 0 N–H and O–H groups in total. The second-order valence-electron chi connectivity index (χ2n) is 7.12. The molecule has 0 saturated carbocycles. The number of anilines is 1. The topological polar surface area (TPSA) is 66.9 Å². The van der Waals surface area contributed by atoms with Crippen LogP contribution < -0.4 is 4.90 Å². The Morgan fingerprint density at radius 1 is 0.968 bits per heavy atom. The smallest absolute Gasteiger partial charge is 0.349 e. The molecule has 0 spiro atoms. The molecule has 6 nitrogen and oxygen atoms in total. The van der Waals surface area contributed by atoms with E-state index in [0.717, 1.165) is 22.6 Å². The predicted octanol–water partition coefficient (Wildman–Crippen LogP) is 4.10. The molecule has 1 aliphatic heterocycles. The van der Waals surface area contributed by atoms with Crippen molar-refractivity contribution in [1.29, 1.82) is 0 Å². The van der Waals surface area contributed by atoms with Crippen LogP contribution in [0, 0.1) is 0 Å². The minimum atomic E-state index is -3.88. The number of ether oxygens (including phenoxy) is 1. The number of carbonyl (C=O) groups excluding carboxylic acids is 1. The van der Waals surface area contributed by atoms with Crippen LogP contribution in [0.25, 0.3) is 11.1 Å². The third-order valence-corrected chi connectivity index (χ3v) is 8.32. The zero-order valence-electron chi connectivity index (χ0n) is 17.2. The Balaban J connectivity index is 1.67. The molecule has 31 heavy (non-hydrogen) atoms. The highest BCUT2D eigenvalue weighted by atomic mass is 32.2. The summed E-state index contributed by atoms with van der Waals surface area (Å²) < 4.78 is 34.1. The number of nitrogens with zero attached hydrogens (tertiary/aromatic N) is 2. The van der Waals surface area contributed by atoms with Crippen molar-refractivity contribution in [3.05, 3.63) is 70.9 Å². The zero-order chi connectivity index (χ0) is 21.8. The van der Waals surface area contributed by atoms with Gasteiger partial charge in [0.25, 0.3) is 0 Å². The lowest BCUT2D eigenvalue weighted by Gasteiger charge is -2.35. The monoisotopic (exact) mass is 456 g/mol. The van der Waals surface area contributed by atoms with E-state index in [1.54, 1.807) is 12.3 Å². The van der Waals surface area contributed by atoms with Gasteiger partial charge in [-0.25, -0.2) is 13.2 Å². The fourth-order valence-electron chi connectivity index (χ4n) is 3.71. The number of esters is 1. The van der Waals surface area contributed by atoms with Gasteiger partial charge in [-0.15, -0.1) is 11.3 Å². The first kappa shape index (κ1) is 21.5. The summed E-state index contributed by atoms with van der Waals surface area (Å²) in [6.07, 6.45) is 0. The largest absolute Gasteiger partial charge is 0.462 e. The van der Waals surface area contributed by atoms with E-state index in [9.17, 15) is 13.2 Å². The van der Waals surface area contributed by atoms with Crippen molar-refractivity contribution in [2.75, 3.05) is 37.7 Å². The summed E-state index contributed by atoms with van der Waals surface area (Å²) in [5.41, 5.74) is 2.38. The molecule has 1 fully saturated rings. The van der Waals surface area contributed by atoms with Crippen LogP contribution in [-0.2, 0) is 14.8 Å². The fourth-order valence-corrected chi connectivity index (χ4v) is 6.78. The van der Waals surface area contributed by atoms with E-state index in [-0.39, 0.29) is 16.4 Å². The third-order valence-electron chi connectivity index (χ3n) is 5.25. The second kappa shape index (κ2) is 9.21. The molecule has 0 aliphatic carbocycles. The van der Waals surface area contributed by atoms with E-state index in [2.05, 4.69) is 4.90 Å². The van der Waals surface area contributed by atoms with Gasteiger partial charge in [0, 0.05) is 42.8 Å². The third kappa shape index (κ3) is 4.37. The quantitative estimate of drug-likeness (QED) is 0.523. The van der Waals surface area contributed by atoms with E-state index >= 15 is 0 Å². The van der Waals surface area contributed by atoms with Gasteiger partial charge in [-0.05, 0) is 24.6 Å². The zero-order valence-corrected chi connectivity index (χ0v) is 18.9. The summed E-state index contributed by atoms with van der Waals surface area (Å²) in [6.45, 7) is 3.77. The van der Waals surface area contributed by atoms with E-state index in [4.69, 9.17) is 4.74 Å². The van der Waals surface area contributed by atoms with Crippen molar-refractivity contribution in [2.45, 2.75) is 11.8 Å². The van der Waals surface area contributed by atoms with Gasteiger partial charge in [0.15, 0.2) is 0 Å². The Morgan fingerprint density at radius 2 is 1.58 bits per heavy atom. The van der Waals surface area contributed by atoms with Gasteiger partial charge in [-0.3, -0.25) is 0 Å². The Labute approximate surface area is 186 Å². The fraction of sp³-hybridized carbons (Fsp3) is 0.261. The highest BCUT2D eigenvalue weighted by Crippen LogP contribution is 2.37. The van der Waals surface area contributed by atoms with Gasteiger partial charge < -0.3 is 9.64 Å². The SMILES string of the molecule is CCOC(=O)c1scc(-c2ccccc2)c1S(=O)(=O)N1CCN(c2ccccc2)CC1. The molecule has 8 heteroatoms. The second-order valence-corrected chi connectivity index (χ2v) is 9.88. The molecular formula is C23H24N2O4S2. The van der Waals surface area contributed by atoms with Gasteiger partial charge in [0.05, 0.1) is 6.61 Å². The first-order chi connectivity index (χ1) is 15.0. The molecule has 0 radical (unpaired) electrons. The van der Waals surface area contributed by atoms with Crippen LogP contribution >= 0.6 is 11.3 Å². The summed E-state index contributed by atoms with van der Waals surface area (Å²) in [7, 11) is -3.88. The van der Waals surface area contributed by atoms with Crippen LogP contribution in [0.5, 0.6) is 0 Å². The lowest BCUT2D eigenvalue weighted by atomic mass is 10.1. The number of piperazine rings is 1. The average molecular weight is 457 g/mol. The van der Waals surface area contributed by atoms with Crippen LogP contribution in [0.4, 0.5) is 5.69 Å². The first-order valence-electron chi connectivity index (χ1n) is 10.2. The Kier molecular flexibility index (Phi) is 6.41. The van der Waals surface area contributed by atoms with E-state index in [1.165, 1.54) is 4.31 Å². The number of para-hydroxylation sites is 1. The summed E-state index contributed by atoms with van der Waals surface area (Å²) in [6, 6.07) is 19.2. The van der Waals surface area contributed by atoms with Crippen LogP contribution in [-0.4, -0.2) is 51.5 Å². The Morgan fingerprint density at radius 3 is 2.19 bits per heavy atom. The van der Waals surface area contributed by atoms with Gasteiger partial charge in [-0.1, -0.05) is 48.5 Å². The van der Waals surface area contributed by atoms with Crippen molar-refractivity contribution < 1.29 is 17.9 Å². The van der Waals surface area contributed by atoms with Crippen molar-refractivity contribution in [3.63, 3.8) is 0 Å². The van der Waals surface area contributed by atoms with Gasteiger partial charge in [-0.2, -0.15) is 4.31 Å². The van der Waals surface area contributed by atoms with Crippen molar-refractivity contribution in [3.8, 4) is 11.1 Å². The number of benzene rings is 2. The minimum Gasteiger partial charge on any atom is -0.462 e. The molecule has 4 rings (SSSR count). The maximum Gasteiger partial charge on any atom is 0.349 e. The number of carbonyl (C=O) groups is 1. The maximum absolute atomic E-state index is 13.7. The number of sulfonamides is 1. The number of thiophene rings is 1. The lowest BCUT2D eigenvalue weighted by Crippen LogP contribution is -2.48. The summed E-state index contributed by atoms with van der Waals surface area (Å²) >= 11 is 1.12. The molecule has 2 heterocycles. The molecule has 162 valence electrons. The van der Waals surface area contributed by atoms with Gasteiger partial charge in [0.1, 0.15) is 9.77 Å². The molecule has 2 aromatic carbocycles. The van der Waals surface area contributed by atoms with E-state index in [1.807, 2.05) is 60.7 Å². The standard InChI is InChI=1S/C23H24N2O4S2/c1-2-29-23(26)21-22(20(17-30-21)18-9-5-3-6-10-18)31(27,28)25-15-13-24(14-16-25)19-11-7-4-8-12-19/h3-12,17H,2,13-16H2,1H3. The number of rotatable bonds is 6. The normalized spacial score (nSPS) is 15.1. The number of hydrogen-bond acceptors (Lipinski definition) is 6. The molecule has 1 saturated heterocycles. The van der Waals surface area contributed by atoms with Gasteiger partial charge >= 0.3 is 5.97 Å². The van der Waals surface area contributed by atoms with Crippen molar-refractivity contribution in [1.82, 2.24) is 4.31 Å². The Hall–Kier alpha value is -2.68. The first-order valence-corrected chi connectivity index (χ1v) is 12.5. The molecule has 0 bridgehead atoms. The van der Waals surface area contributed by atoms with E-state index in [0.29, 0.717) is 31.7 Å². The van der Waals surface area contributed by atoms with E-state index < -0.39 is 16.0 Å². The molecular weight excluding hydrogens is 432 g/mol. The summed E-state index contributed by atoms with van der Waals surface area (Å²) in [4.78, 5) is 14.9. The van der Waals surface area contributed by atoms with Crippen LogP contribution in [0.1, 0.15) is 16.6 Å². The lowest BCUT2D eigenvalue weighted by molar-refractivity contribution is 0.0528. The van der Waals surface area contributed by atoms with Gasteiger partial charge in [0.2, 0.25) is 10.0 Å². The highest BCUT2D eigenvalue weighted by Gasteiger charge is 2.36. The number of hydrogen-bond donors (Lipinski definition) is 0. The maximum atomic E-state index is 13.7. The van der Waals surface area contributed by atoms with Crippen molar-refractivity contribution >= 4 is 33.0 Å². The molecule has 0 amide bonds. The average Bonchev–Trinajstić information content (AvgIpc) is 3.27. The molecule has 1 aromatic heterocycles. The van der Waals surface area contributed by atoms with Crippen LogP contribution in [0.15, 0.2) is 70.9 Å². The van der Waals surface area contributed by atoms with Crippen LogP contribution in [0.3, 0.4) is 0 Å². The van der Waals surface area contributed by atoms with Crippen molar-refractivity contribution in [2.24, 2.45) is 0 Å². The molecule has 3 aromatic rings. The highest BCUT2D eigenvalue weighted by molar-refractivity contribution is 7.89. The van der Waals surface area contributed by atoms with Crippen LogP contribution in [0.2, 0.25) is 0 Å². The minimum absolute atomic E-state index is 0.0512. The molecule has 1 aliphatic rings. The predicted molar refractivity (Wildman–Crippen MR) is 123 cm³/mol. The molecule has 0 unspecified atom stereocenters.